The van der Waals surface area contributed by atoms with Gasteiger partial charge in [0.25, 0.3) is 0 Å². The lowest BCUT2D eigenvalue weighted by Crippen LogP contribution is -2.41. The molecule has 0 bridgehead atoms. The Morgan fingerprint density at radius 2 is 1.85 bits per heavy atom. The number of fused-ring (bicyclic) bond motifs is 1. The van der Waals surface area contributed by atoms with E-state index in [1.165, 1.54) is 7.11 Å². The number of rotatable bonds is 13. The number of ether oxygens (including phenoxy) is 1. The lowest BCUT2D eigenvalue weighted by Gasteiger charge is -2.31. The van der Waals surface area contributed by atoms with Gasteiger partial charge in [-0.3, -0.25) is 18.8 Å². The number of imidazole rings is 1. The molecule has 0 saturated heterocycles. The number of amides is 1. The normalized spacial score (nSPS) is 13.0. The fourth-order valence-corrected chi connectivity index (χ4v) is 5.91. The van der Waals surface area contributed by atoms with E-state index in [9.17, 15) is 18.7 Å². The van der Waals surface area contributed by atoms with Gasteiger partial charge in [-0.25, -0.2) is 4.98 Å². The van der Waals surface area contributed by atoms with Crippen molar-refractivity contribution in [3.8, 4) is 0 Å². The third-order valence-electron chi connectivity index (χ3n) is 6.41. The van der Waals surface area contributed by atoms with E-state index in [0.717, 1.165) is 17.5 Å². The number of pyridine rings is 1. The highest BCUT2D eigenvalue weighted by atomic mass is 32.2. The molecule has 0 radical (unpaired) electrons. The van der Waals surface area contributed by atoms with Gasteiger partial charge in [0, 0.05) is 42.2 Å². The maximum absolute atomic E-state index is 13.8. The number of hydrogen-bond donors (Lipinski definition) is 1. The van der Waals surface area contributed by atoms with Gasteiger partial charge in [0.2, 0.25) is 5.91 Å². The van der Waals surface area contributed by atoms with Gasteiger partial charge in [0.05, 0.1) is 51.1 Å². The number of para-hydroxylation sites is 1. The summed E-state index contributed by atoms with van der Waals surface area (Å²) in [5, 5.41) is 0.249. The molecule has 4 rings (SSSR count). The van der Waals surface area contributed by atoms with Crippen LogP contribution in [0, 0.1) is 4.91 Å². The summed E-state index contributed by atoms with van der Waals surface area (Å²) in [6, 6.07) is 20.1. The summed E-state index contributed by atoms with van der Waals surface area (Å²) in [5.74, 6) is -1.68. The second-order valence-electron chi connectivity index (χ2n) is 10.0. The van der Waals surface area contributed by atoms with Crippen molar-refractivity contribution in [2.45, 2.75) is 48.4 Å². The van der Waals surface area contributed by atoms with Crippen molar-refractivity contribution in [1.29, 1.82) is 0 Å². The summed E-state index contributed by atoms with van der Waals surface area (Å²) in [5.41, 5.74) is 3.08. The van der Waals surface area contributed by atoms with E-state index in [1.54, 1.807) is 41.4 Å². The number of nitrogens with one attached hydrogen (secondary N) is 1. The first kappa shape index (κ1) is 30.1. The minimum Gasteiger partial charge on any atom is -0.469 e. The Hall–Kier alpha value is -3.90. The third kappa shape index (κ3) is 7.86. The first-order chi connectivity index (χ1) is 19.7. The van der Waals surface area contributed by atoms with Crippen molar-refractivity contribution in [2.24, 2.45) is 4.58 Å². The van der Waals surface area contributed by atoms with Crippen molar-refractivity contribution in [3.63, 3.8) is 0 Å². The summed E-state index contributed by atoms with van der Waals surface area (Å²) < 4.78 is 20.5. The van der Waals surface area contributed by atoms with Crippen LogP contribution in [0.25, 0.3) is 11.0 Å². The molecule has 2 atom stereocenters. The van der Waals surface area contributed by atoms with Crippen LogP contribution >= 0.6 is 11.9 Å². The molecule has 41 heavy (non-hydrogen) atoms. The average Bonchev–Trinajstić information content (AvgIpc) is 3.41. The van der Waals surface area contributed by atoms with Crippen molar-refractivity contribution in [3.05, 3.63) is 94.7 Å². The highest BCUT2D eigenvalue weighted by molar-refractivity contribution is 7.99. The van der Waals surface area contributed by atoms with Crippen molar-refractivity contribution < 1.29 is 18.5 Å². The SMILES string of the molecule is COC(=O)C(CC(=O)N(Cc1ccccc1)CC(C)(C)SN=O)c1cccc2[nH]c(S(=O)Cc3ccccn3)nc12. The number of benzene rings is 2. The van der Waals surface area contributed by atoms with Crippen molar-refractivity contribution >= 4 is 45.7 Å². The van der Waals surface area contributed by atoms with Gasteiger partial charge in [-0.15, -0.1) is 4.91 Å². The van der Waals surface area contributed by atoms with Crippen LogP contribution in [0.2, 0.25) is 0 Å². The molecule has 2 heterocycles. The number of nitrogens with zero attached hydrogens (tertiary/aromatic N) is 4. The number of aromatic nitrogens is 3. The van der Waals surface area contributed by atoms with Gasteiger partial charge in [-0.2, -0.15) is 0 Å². The molecule has 2 unspecified atom stereocenters. The Kier molecular flexibility index (Phi) is 10.0. The third-order valence-corrected chi connectivity index (χ3v) is 8.29. The molecule has 0 spiro atoms. The molecule has 4 aromatic rings. The molecular formula is C29H31N5O5S2. The molecule has 10 nitrogen and oxygen atoms in total. The number of H-pyrrole nitrogens is 1. The molecule has 0 aliphatic rings. The quantitative estimate of drug-likeness (QED) is 0.128. The molecule has 1 amide bonds. The van der Waals surface area contributed by atoms with Gasteiger partial charge >= 0.3 is 5.97 Å². The van der Waals surface area contributed by atoms with Crippen molar-refractivity contribution in [1.82, 2.24) is 19.9 Å². The molecule has 2 aromatic carbocycles. The van der Waals surface area contributed by atoms with Gasteiger partial charge in [-0.1, -0.05) is 48.5 Å². The van der Waals surface area contributed by atoms with E-state index >= 15 is 0 Å². The molecule has 12 heteroatoms. The number of methoxy groups -OCH3 is 1. The molecule has 0 fully saturated rings. The van der Waals surface area contributed by atoms with E-state index in [1.807, 2.05) is 50.2 Å². The summed E-state index contributed by atoms with van der Waals surface area (Å²) in [7, 11) is -0.240. The number of carbonyl (C=O) groups excluding carboxylic acids is 2. The maximum Gasteiger partial charge on any atom is 0.313 e. The van der Waals surface area contributed by atoms with Gasteiger partial charge in [0.15, 0.2) is 5.16 Å². The molecule has 1 N–H and O–H groups in total. The van der Waals surface area contributed by atoms with Crippen molar-refractivity contribution in [2.75, 3.05) is 13.7 Å². The number of nitroso groups, excluding NO2 is 1. The zero-order chi connectivity index (χ0) is 29.4. The van der Waals surface area contributed by atoms with Gasteiger partial charge in [-0.05, 0) is 43.2 Å². The molecule has 2 aromatic heterocycles. The van der Waals surface area contributed by atoms with E-state index < -0.39 is 27.4 Å². The number of hydrogen-bond acceptors (Lipinski definition) is 9. The molecule has 0 aliphatic heterocycles. The second-order valence-corrected chi connectivity index (χ2v) is 12.8. The van der Waals surface area contributed by atoms with Crippen LogP contribution in [-0.2, 0) is 37.4 Å². The number of aromatic amines is 1. The largest absolute Gasteiger partial charge is 0.469 e. The standard InChI is InChI=1S/C29H31N5O5S2/c1-29(2,40-33-37)19-34(17-20-10-5-4-6-11-20)25(35)16-23(27(36)39-3)22-13-9-14-24-26(22)32-28(31-24)41(38)18-21-12-7-8-15-30-21/h4-15,23H,16-19H2,1-3H3,(H,31,32). The van der Waals surface area contributed by atoms with Crippen LogP contribution in [-0.4, -0.2) is 54.3 Å². The molecule has 214 valence electrons. The predicted octanol–water partition coefficient (Wildman–Crippen LogP) is 5.13. The summed E-state index contributed by atoms with van der Waals surface area (Å²) in [6.07, 6.45) is 1.45. The molecular weight excluding hydrogens is 562 g/mol. The molecule has 0 aliphatic carbocycles. The van der Waals surface area contributed by atoms with Crippen LogP contribution in [0.3, 0.4) is 0 Å². The van der Waals surface area contributed by atoms with Gasteiger partial charge < -0.3 is 14.6 Å². The Morgan fingerprint density at radius 3 is 2.54 bits per heavy atom. The second kappa shape index (κ2) is 13.6. The smallest absolute Gasteiger partial charge is 0.313 e. The van der Waals surface area contributed by atoms with E-state index in [0.29, 0.717) is 28.8 Å². The van der Waals surface area contributed by atoms with Crippen LogP contribution in [0.1, 0.15) is 43.0 Å². The first-order valence-electron chi connectivity index (χ1n) is 12.9. The minimum atomic E-state index is -1.51. The first-order valence-corrected chi connectivity index (χ1v) is 15.0. The molecule has 0 saturated carbocycles. The number of esters is 1. The highest BCUT2D eigenvalue weighted by Crippen LogP contribution is 2.31. The maximum atomic E-state index is 13.8. The monoisotopic (exact) mass is 593 g/mol. The minimum absolute atomic E-state index is 0.173. The summed E-state index contributed by atoms with van der Waals surface area (Å²) in [4.78, 5) is 51.4. The van der Waals surface area contributed by atoms with Gasteiger partial charge in [0.1, 0.15) is 0 Å². The Morgan fingerprint density at radius 1 is 1.10 bits per heavy atom. The Balaban J connectivity index is 1.64. The fourth-order valence-electron chi connectivity index (χ4n) is 4.50. The zero-order valence-electron chi connectivity index (χ0n) is 23.0. The van der Waals surface area contributed by atoms with E-state index in [4.69, 9.17) is 4.74 Å². The van der Waals surface area contributed by atoms with Crippen LogP contribution in [0.4, 0.5) is 0 Å². The summed E-state index contributed by atoms with van der Waals surface area (Å²) in [6.45, 7) is 4.19. The van der Waals surface area contributed by atoms with Crippen LogP contribution < -0.4 is 0 Å². The zero-order valence-corrected chi connectivity index (χ0v) is 24.6. The van der Waals surface area contributed by atoms with Crippen LogP contribution in [0.5, 0.6) is 0 Å². The van der Waals surface area contributed by atoms with Crippen LogP contribution in [0.15, 0.2) is 82.7 Å². The Labute approximate surface area is 244 Å². The summed E-state index contributed by atoms with van der Waals surface area (Å²) >= 11 is 0.860. The average molecular weight is 594 g/mol. The lowest BCUT2D eigenvalue weighted by molar-refractivity contribution is -0.145. The van der Waals surface area contributed by atoms with E-state index in [2.05, 4.69) is 19.5 Å². The topological polar surface area (TPSA) is 135 Å². The fraction of sp³-hybridized carbons (Fsp3) is 0.310. The van der Waals surface area contributed by atoms with E-state index in [-0.39, 0.29) is 29.8 Å². The number of carbonyl (C=O) groups is 2. The Bertz CT molecular complexity index is 1530. The highest BCUT2D eigenvalue weighted by Gasteiger charge is 2.32. The lowest BCUT2D eigenvalue weighted by atomic mass is 9.93. The predicted molar refractivity (Wildman–Crippen MR) is 159 cm³/mol.